The average Bonchev–Trinajstić information content (AvgIpc) is 2.72. The second-order valence-electron chi connectivity index (χ2n) is 6.22. The van der Waals surface area contributed by atoms with E-state index in [2.05, 4.69) is 4.74 Å². The number of nitro benzene ring substituents is 1. The van der Waals surface area contributed by atoms with Crippen LogP contribution >= 0.6 is 0 Å². The van der Waals surface area contributed by atoms with Gasteiger partial charge in [-0.2, -0.15) is 0 Å². The summed E-state index contributed by atoms with van der Waals surface area (Å²) in [6.07, 6.45) is 0.146. The standard InChI is InChI=1S/C19H19FN2O8S/c1-4-7-31(27,28)21(14-5-6-17(29-2)16(20)11-14)18(23)12-8-13(19(24)30-3)10-15(9-12)22(25)26/h5-6,8-11H,4,7H2,1-3H3. The number of methoxy groups -OCH3 is 2. The lowest BCUT2D eigenvalue weighted by atomic mass is 10.1. The summed E-state index contributed by atoms with van der Waals surface area (Å²) >= 11 is 0. The minimum absolute atomic E-state index is 0.146. The number of esters is 1. The van der Waals surface area contributed by atoms with Gasteiger partial charge in [0.2, 0.25) is 10.0 Å². The highest BCUT2D eigenvalue weighted by Crippen LogP contribution is 2.29. The fourth-order valence-corrected chi connectivity index (χ4v) is 4.22. The summed E-state index contributed by atoms with van der Waals surface area (Å²) < 4.78 is 49.6. The third kappa shape index (κ3) is 5.15. The fourth-order valence-electron chi connectivity index (χ4n) is 2.73. The van der Waals surface area contributed by atoms with Gasteiger partial charge in [-0.25, -0.2) is 21.9 Å². The molecule has 0 heterocycles. The molecule has 0 atom stereocenters. The summed E-state index contributed by atoms with van der Waals surface area (Å²) in [6, 6.07) is 5.77. The number of sulfonamides is 1. The molecule has 0 N–H and O–H groups in total. The van der Waals surface area contributed by atoms with E-state index in [0.29, 0.717) is 4.31 Å². The van der Waals surface area contributed by atoms with Crippen molar-refractivity contribution in [3.8, 4) is 5.75 Å². The Labute approximate surface area is 177 Å². The van der Waals surface area contributed by atoms with Crippen molar-refractivity contribution < 1.29 is 36.8 Å². The van der Waals surface area contributed by atoms with E-state index >= 15 is 0 Å². The zero-order valence-electron chi connectivity index (χ0n) is 16.8. The molecule has 0 unspecified atom stereocenters. The number of halogens is 1. The van der Waals surface area contributed by atoms with Crippen molar-refractivity contribution >= 4 is 33.3 Å². The lowest BCUT2D eigenvalue weighted by molar-refractivity contribution is -0.384. The van der Waals surface area contributed by atoms with Crippen LogP contribution < -0.4 is 9.04 Å². The van der Waals surface area contributed by atoms with Gasteiger partial charge in [0.1, 0.15) is 0 Å². The van der Waals surface area contributed by atoms with Gasteiger partial charge in [-0.1, -0.05) is 6.92 Å². The topological polar surface area (TPSA) is 133 Å². The lowest BCUT2D eigenvalue weighted by Crippen LogP contribution is -2.38. The van der Waals surface area contributed by atoms with Crippen LogP contribution in [0.3, 0.4) is 0 Å². The molecule has 2 aromatic carbocycles. The number of hydrogen-bond acceptors (Lipinski definition) is 8. The zero-order chi connectivity index (χ0) is 23.3. The molecule has 0 saturated heterocycles. The summed E-state index contributed by atoms with van der Waals surface area (Å²) in [6.45, 7) is 1.57. The van der Waals surface area contributed by atoms with Crippen LogP contribution in [0.4, 0.5) is 15.8 Å². The molecule has 31 heavy (non-hydrogen) atoms. The average molecular weight is 454 g/mol. The predicted octanol–water partition coefficient (Wildman–Crippen LogP) is 2.92. The van der Waals surface area contributed by atoms with Crippen LogP contribution in [0, 0.1) is 15.9 Å². The second-order valence-corrected chi connectivity index (χ2v) is 8.16. The maximum absolute atomic E-state index is 14.2. The first-order valence-corrected chi connectivity index (χ1v) is 10.4. The van der Waals surface area contributed by atoms with E-state index in [4.69, 9.17) is 4.74 Å². The monoisotopic (exact) mass is 454 g/mol. The summed E-state index contributed by atoms with van der Waals surface area (Å²) in [5.74, 6) is -3.71. The van der Waals surface area contributed by atoms with Crippen molar-refractivity contribution in [3.05, 3.63) is 63.5 Å². The minimum Gasteiger partial charge on any atom is -0.494 e. The van der Waals surface area contributed by atoms with Crippen molar-refractivity contribution in [1.82, 2.24) is 0 Å². The van der Waals surface area contributed by atoms with Crippen LogP contribution in [0.5, 0.6) is 5.75 Å². The molecule has 2 rings (SSSR count). The smallest absolute Gasteiger partial charge is 0.338 e. The molecule has 0 fully saturated rings. The first kappa shape index (κ1) is 23.7. The van der Waals surface area contributed by atoms with Gasteiger partial charge in [0.05, 0.1) is 36.1 Å². The third-order valence-electron chi connectivity index (χ3n) is 4.09. The fraction of sp³-hybridized carbons (Fsp3) is 0.263. The van der Waals surface area contributed by atoms with E-state index < -0.39 is 49.6 Å². The molecule has 0 spiro atoms. The normalized spacial score (nSPS) is 11.0. The molecule has 0 aliphatic heterocycles. The Morgan fingerprint density at radius 2 is 1.77 bits per heavy atom. The summed E-state index contributed by atoms with van der Waals surface area (Å²) in [5, 5.41) is 11.2. The van der Waals surface area contributed by atoms with E-state index in [-0.39, 0.29) is 23.4 Å². The molecule has 2 aromatic rings. The Bertz CT molecular complexity index is 1130. The van der Waals surface area contributed by atoms with Crippen LogP contribution in [0.25, 0.3) is 0 Å². The van der Waals surface area contributed by atoms with E-state index in [0.717, 1.165) is 43.5 Å². The van der Waals surface area contributed by atoms with Crippen molar-refractivity contribution in [2.75, 3.05) is 24.3 Å². The van der Waals surface area contributed by atoms with Crippen LogP contribution in [0.2, 0.25) is 0 Å². The number of carbonyl (C=O) groups is 2. The molecular formula is C19H19FN2O8S. The molecule has 0 radical (unpaired) electrons. The summed E-state index contributed by atoms with van der Waals surface area (Å²) in [4.78, 5) is 35.4. The Morgan fingerprint density at radius 1 is 1.13 bits per heavy atom. The second kappa shape index (κ2) is 9.51. The molecule has 10 nitrogen and oxygen atoms in total. The van der Waals surface area contributed by atoms with Gasteiger partial charge in [-0.05, 0) is 24.6 Å². The quantitative estimate of drug-likeness (QED) is 0.338. The zero-order valence-corrected chi connectivity index (χ0v) is 17.6. The molecule has 12 heteroatoms. The van der Waals surface area contributed by atoms with Gasteiger partial charge in [0.25, 0.3) is 11.6 Å². The van der Waals surface area contributed by atoms with Gasteiger partial charge in [-0.15, -0.1) is 0 Å². The summed E-state index contributed by atoms with van der Waals surface area (Å²) in [5.41, 5.74) is -1.75. The number of benzene rings is 2. The lowest BCUT2D eigenvalue weighted by Gasteiger charge is -2.23. The Hall–Kier alpha value is -3.54. The highest BCUT2D eigenvalue weighted by atomic mass is 32.2. The van der Waals surface area contributed by atoms with Crippen molar-refractivity contribution in [1.29, 1.82) is 0 Å². The molecule has 0 aliphatic rings. The molecule has 0 aliphatic carbocycles. The highest BCUT2D eigenvalue weighted by molar-refractivity contribution is 7.93. The Balaban J connectivity index is 2.71. The largest absolute Gasteiger partial charge is 0.494 e. The van der Waals surface area contributed by atoms with Gasteiger partial charge >= 0.3 is 5.97 Å². The van der Waals surface area contributed by atoms with Gasteiger partial charge < -0.3 is 9.47 Å². The van der Waals surface area contributed by atoms with Gasteiger partial charge in [-0.3, -0.25) is 14.9 Å². The van der Waals surface area contributed by atoms with E-state index in [1.54, 1.807) is 6.92 Å². The first-order valence-electron chi connectivity index (χ1n) is 8.84. The van der Waals surface area contributed by atoms with Crippen LogP contribution in [0.1, 0.15) is 34.1 Å². The highest BCUT2D eigenvalue weighted by Gasteiger charge is 2.32. The molecule has 0 saturated carbocycles. The number of carbonyl (C=O) groups excluding carboxylic acids is 2. The van der Waals surface area contributed by atoms with Crippen molar-refractivity contribution in [2.24, 2.45) is 0 Å². The van der Waals surface area contributed by atoms with Gasteiger partial charge in [0, 0.05) is 23.8 Å². The SMILES string of the molecule is CCCS(=O)(=O)N(C(=O)c1cc(C(=O)OC)cc([N+](=O)[O-])c1)c1ccc(OC)c(F)c1. The van der Waals surface area contributed by atoms with Crippen molar-refractivity contribution in [3.63, 3.8) is 0 Å². The Kier molecular flexibility index (Phi) is 7.28. The summed E-state index contributed by atoms with van der Waals surface area (Å²) in [7, 11) is -2.03. The van der Waals surface area contributed by atoms with E-state index in [1.807, 2.05) is 0 Å². The maximum Gasteiger partial charge on any atom is 0.338 e. The molecular weight excluding hydrogens is 435 g/mol. The maximum atomic E-state index is 14.2. The number of nitrogens with zero attached hydrogens (tertiary/aromatic N) is 2. The number of rotatable bonds is 8. The molecule has 1 amide bonds. The predicted molar refractivity (Wildman–Crippen MR) is 108 cm³/mol. The van der Waals surface area contributed by atoms with Gasteiger partial charge in [0.15, 0.2) is 11.6 Å². The van der Waals surface area contributed by atoms with Crippen molar-refractivity contribution in [2.45, 2.75) is 13.3 Å². The molecule has 0 bridgehead atoms. The molecule has 0 aromatic heterocycles. The van der Waals surface area contributed by atoms with Crippen LogP contribution in [0.15, 0.2) is 36.4 Å². The number of non-ortho nitro benzene ring substituents is 1. The minimum atomic E-state index is -4.29. The number of ether oxygens (including phenoxy) is 2. The van der Waals surface area contributed by atoms with Crippen LogP contribution in [-0.2, 0) is 14.8 Å². The molecule has 166 valence electrons. The third-order valence-corrected chi connectivity index (χ3v) is 5.95. The van der Waals surface area contributed by atoms with E-state index in [1.165, 1.54) is 7.11 Å². The number of hydrogen-bond donors (Lipinski definition) is 0. The van der Waals surface area contributed by atoms with E-state index in [9.17, 15) is 32.5 Å². The Morgan fingerprint density at radius 3 is 2.29 bits per heavy atom. The number of nitro groups is 1. The number of anilines is 1. The van der Waals surface area contributed by atoms with Crippen LogP contribution in [-0.4, -0.2) is 45.2 Å². The first-order chi connectivity index (χ1) is 14.5. The number of amides is 1.